The van der Waals surface area contributed by atoms with Gasteiger partial charge in [0.05, 0.1) is 18.3 Å². The Balaban J connectivity index is 1.95. The Morgan fingerprint density at radius 1 is 1.29 bits per heavy atom. The molecule has 0 aliphatic rings. The second-order valence-corrected chi connectivity index (χ2v) is 6.83. The largest absolute Gasteiger partial charge is 0.464 e. The highest BCUT2D eigenvalue weighted by molar-refractivity contribution is 6.31. The Hall–Kier alpha value is -3.41. The van der Waals surface area contributed by atoms with Crippen molar-refractivity contribution in [2.45, 2.75) is 19.1 Å². The quantitative estimate of drug-likeness (QED) is 0.487. The monoisotopic (exact) mass is 456 g/mol. The molecule has 3 heterocycles. The van der Waals surface area contributed by atoms with Gasteiger partial charge in [-0.15, -0.1) is 0 Å². The summed E-state index contributed by atoms with van der Waals surface area (Å²) < 4.78 is 41.7. The summed E-state index contributed by atoms with van der Waals surface area (Å²) in [7, 11) is 1.18. The molecule has 3 aromatic heterocycles. The van der Waals surface area contributed by atoms with Gasteiger partial charge in [-0.05, 0) is 13.0 Å². The summed E-state index contributed by atoms with van der Waals surface area (Å²) in [5.41, 5.74) is 0.921. The number of rotatable bonds is 6. The Morgan fingerprint density at radius 2 is 2.03 bits per heavy atom. The number of aromatic amines is 1. The normalized spacial score (nSPS) is 12.5. The van der Waals surface area contributed by atoms with E-state index in [1.54, 1.807) is 17.6 Å². The third-order valence-corrected chi connectivity index (χ3v) is 4.33. The van der Waals surface area contributed by atoms with Crippen LogP contribution in [0.2, 0.25) is 5.02 Å². The fraction of sp³-hybridized carbons (Fsp3) is 0.278. The number of esters is 1. The first-order chi connectivity index (χ1) is 14.6. The molecule has 164 valence electrons. The third kappa shape index (κ3) is 5.20. The first-order valence-electron chi connectivity index (χ1n) is 8.78. The predicted octanol–water partition coefficient (Wildman–Crippen LogP) is 2.94. The van der Waals surface area contributed by atoms with Gasteiger partial charge >= 0.3 is 12.1 Å². The van der Waals surface area contributed by atoms with E-state index in [0.29, 0.717) is 21.6 Å². The maximum absolute atomic E-state index is 12.3. The van der Waals surface area contributed by atoms with Gasteiger partial charge < -0.3 is 20.4 Å². The van der Waals surface area contributed by atoms with Gasteiger partial charge in [-0.25, -0.2) is 19.7 Å². The number of amides is 1. The van der Waals surface area contributed by atoms with Crippen LogP contribution in [0.3, 0.4) is 0 Å². The van der Waals surface area contributed by atoms with E-state index in [1.807, 2.05) is 0 Å². The molecule has 3 N–H and O–H groups in total. The van der Waals surface area contributed by atoms with E-state index in [9.17, 15) is 22.8 Å². The van der Waals surface area contributed by atoms with Gasteiger partial charge in [0, 0.05) is 23.3 Å². The first-order valence-corrected chi connectivity index (χ1v) is 9.16. The van der Waals surface area contributed by atoms with E-state index in [4.69, 9.17) is 16.3 Å². The van der Waals surface area contributed by atoms with Crippen molar-refractivity contribution in [3.63, 3.8) is 0 Å². The summed E-state index contributed by atoms with van der Waals surface area (Å²) in [6.45, 7) is -0.101. The molecular weight excluding hydrogens is 441 g/mol. The number of fused-ring (bicyclic) bond motifs is 1. The lowest BCUT2D eigenvalue weighted by atomic mass is 10.1. The molecule has 0 aliphatic carbocycles. The van der Waals surface area contributed by atoms with Crippen LogP contribution in [0.5, 0.6) is 0 Å². The average Bonchev–Trinajstić information content (AvgIpc) is 3.13. The molecule has 3 rings (SSSR count). The summed E-state index contributed by atoms with van der Waals surface area (Å²) >= 11 is 6.02. The van der Waals surface area contributed by atoms with E-state index in [-0.39, 0.29) is 17.2 Å². The number of nitrogens with zero attached hydrogens (tertiary/aromatic N) is 3. The summed E-state index contributed by atoms with van der Waals surface area (Å²) in [6.07, 6.45) is -0.373. The number of hydrogen-bond donors (Lipinski definition) is 3. The lowest BCUT2D eigenvalue weighted by molar-refractivity contribution is -0.138. The molecule has 0 aromatic carbocycles. The van der Waals surface area contributed by atoms with Gasteiger partial charge in [0.25, 0.3) is 0 Å². The zero-order valence-electron chi connectivity index (χ0n) is 16.2. The number of carbonyl (C=O) groups excluding carboxylic acids is 2. The van der Waals surface area contributed by atoms with Gasteiger partial charge in [-0.1, -0.05) is 11.6 Å². The predicted molar refractivity (Wildman–Crippen MR) is 106 cm³/mol. The standard InChI is InChI=1S/C18H16ClF3N6O3/c1-8(16(29)26-7-18(20,21)22)27-12-6-23-14(17(30)31-2)13(28-12)11-5-25-15-10(11)3-9(19)4-24-15/h3-6,8H,7H2,1-2H3,(H,24,25)(H,26,29)(H,27,28)/t8-/m0/s1. The number of alkyl halides is 3. The van der Waals surface area contributed by atoms with Crippen LogP contribution in [-0.4, -0.2) is 57.7 Å². The zero-order chi connectivity index (χ0) is 22.8. The number of carbonyl (C=O) groups is 2. The fourth-order valence-electron chi connectivity index (χ4n) is 2.69. The molecule has 1 amide bonds. The van der Waals surface area contributed by atoms with Crippen LogP contribution in [0.1, 0.15) is 17.4 Å². The minimum Gasteiger partial charge on any atom is -0.464 e. The Labute approximate surface area is 178 Å². The number of H-pyrrole nitrogens is 1. The van der Waals surface area contributed by atoms with Crippen LogP contribution in [0.15, 0.2) is 24.7 Å². The summed E-state index contributed by atoms with van der Waals surface area (Å²) in [5.74, 6) is -1.59. The van der Waals surface area contributed by atoms with Crippen molar-refractivity contribution in [3.8, 4) is 11.3 Å². The first kappa shape index (κ1) is 22.3. The molecule has 0 saturated carbocycles. The molecule has 0 saturated heterocycles. The Kier molecular flexibility index (Phi) is 6.29. The Morgan fingerprint density at radius 3 is 2.71 bits per heavy atom. The Bertz CT molecular complexity index is 1130. The van der Waals surface area contributed by atoms with Crippen molar-refractivity contribution in [3.05, 3.63) is 35.4 Å². The van der Waals surface area contributed by atoms with E-state index in [2.05, 4.69) is 25.3 Å². The molecule has 0 fully saturated rings. The lowest BCUT2D eigenvalue weighted by Gasteiger charge is -2.16. The molecule has 0 radical (unpaired) electrons. The molecule has 3 aromatic rings. The molecule has 1 atom stereocenters. The SMILES string of the molecule is COC(=O)c1ncc(N[C@@H](C)C(=O)NCC(F)(F)F)nc1-c1c[nH]c2ncc(Cl)cc12. The van der Waals surface area contributed by atoms with Gasteiger partial charge in [-0.3, -0.25) is 4.79 Å². The van der Waals surface area contributed by atoms with E-state index in [1.165, 1.54) is 26.4 Å². The maximum atomic E-state index is 12.3. The highest BCUT2D eigenvalue weighted by atomic mass is 35.5. The number of aromatic nitrogens is 4. The number of nitrogens with one attached hydrogen (secondary N) is 3. The van der Waals surface area contributed by atoms with Crippen LogP contribution >= 0.6 is 11.6 Å². The van der Waals surface area contributed by atoms with Gasteiger partial charge in [0.2, 0.25) is 5.91 Å². The van der Waals surface area contributed by atoms with E-state index >= 15 is 0 Å². The molecular formula is C18H16ClF3N6O3. The number of ether oxygens (including phenoxy) is 1. The van der Waals surface area contributed by atoms with Crippen molar-refractivity contribution < 1.29 is 27.5 Å². The molecule has 31 heavy (non-hydrogen) atoms. The molecule has 0 bridgehead atoms. The van der Waals surface area contributed by atoms with Crippen LogP contribution in [-0.2, 0) is 9.53 Å². The minimum absolute atomic E-state index is 0.0571. The smallest absolute Gasteiger partial charge is 0.405 e. The number of hydrogen-bond acceptors (Lipinski definition) is 7. The van der Waals surface area contributed by atoms with E-state index in [0.717, 1.165) is 0 Å². The molecule has 0 unspecified atom stereocenters. The van der Waals surface area contributed by atoms with Crippen LogP contribution < -0.4 is 10.6 Å². The van der Waals surface area contributed by atoms with Crippen LogP contribution in [0.25, 0.3) is 22.3 Å². The van der Waals surface area contributed by atoms with Crippen LogP contribution in [0, 0.1) is 0 Å². The van der Waals surface area contributed by atoms with Crippen molar-refractivity contribution >= 4 is 40.3 Å². The van der Waals surface area contributed by atoms with Gasteiger partial charge in [0.1, 0.15) is 29.7 Å². The zero-order valence-corrected chi connectivity index (χ0v) is 16.9. The number of anilines is 1. The highest BCUT2D eigenvalue weighted by Gasteiger charge is 2.29. The number of halogens is 4. The fourth-order valence-corrected chi connectivity index (χ4v) is 2.85. The second kappa shape index (κ2) is 8.76. The second-order valence-electron chi connectivity index (χ2n) is 6.40. The summed E-state index contributed by atoms with van der Waals surface area (Å²) in [5, 5.41) is 5.35. The minimum atomic E-state index is -4.53. The number of pyridine rings is 1. The lowest BCUT2D eigenvalue weighted by Crippen LogP contribution is -2.42. The van der Waals surface area contributed by atoms with Crippen molar-refractivity contribution in [1.82, 2.24) is 25.3 Å². The maximum Gasteiger partial charge on any atom is 0.405 e. The molecule has 0 spiro atoms. The number of methoxy groups -OCH3 is 1. The summed E-state index contributed by atoms with van der Waals surface area (Å²) in [4.78, 5) is 39.6. The van der Waals surface area contributed by atoms with Crippen LogP contribution in [0.4, 0.5) is 19.0 Å². The van der Waals surface area contributed by atoms with Gasteiger partial charge in [0.15, 0.2) is 5.69 Å². The average molecular weight is 457 g/mol. The van der Waals surface area contributed by atoms with Gasteiger partial charge in [-0.2, -0.15) is 13.2 Å². The molecule has 13 heteroatoms. The van der Waals surface area contributed by atoms with Crippen molar-refractivity contribution in [1.29, 1.82) is 0 Å². The molecule has 9 nitrogen and oxygen atoms in total. The third-order valence-electron chi connectivity index (χ3n) is 4.12. The topological polar surface area (TPSA) is 122 Å². The van der Waals surface area contributed by atoms with E-state index < -0.39 is 30.6 Å². The summed E-state index contributed by atoms with van der Waals surface area (Å²) in [6, 6.07) is 0.554. The van der Waals surface area contributed by atoms with Crippen molar-refractivity contribution in [2.75, 3.05) is 19.0 Å². The van der Waals surface area contributed by atoms with Crippen molar-refractivity contribution in [2.24, 2.45) is 0 Å². The molecule has 0 aliphatic heterocycles. The highest BCUT2D eigenvalue weighted by Crippen LogP contribution is 2.31.